The first-order valence-electron chi connectivity index (χ1n) is 8.83. The van der Waals surface area contributed by atoms with Crippen molar-refractivity contribution in [2.24, 2.45) is 4.99 Å². The Morgan fingerprint density at radius 1 is 1.15 bits per heavy atom. The zero-order valence-electron chi connectivity index (χ0n) is 15.5. The molecule has 1 heterocycles. The Morgan fingerprint density at radius 3 is 2.74 bits per heavy atom. The van der Waals surface area contributed by atoms with Crippen LogP contribution in [0.4, 0.5) is 0 Å². The Bertz CT molecular complexity index is 822. The Kier molecular flexibility index (Phi) is 6.14. The molecule has 0 spiro atoms. The molecule has 0 aliphatic carbocycles. The lowest BCUT2D eigenvalue weighted by molar-refractivity contribution is 0.0936. The van der Waals surface area contributed by atoms with E-state index in [1.807, 2.05) is 42.5 Å². The molecule has 0 bridgehead atoms. The highest BCUT2D eigenvalue weighted by atomic mass is 16.6. The molecular formula is C20H24N4O3. The van der Waals surface area contributed by atoms with Gasteiger partial charge < -0.3 is 25.4 Å². The van der Waals surface area contributed by atoms with E-state index in [-0.39, 0.29) is 12.0 Å². The number of benzene rings is 2. The third kappa shape index (κ3) is 4.91. The van der Waals surface area contributed by atoms with E-state index in [4.69, 9.17) is 9.47 Å². The molecule has 0 aromatic heterocycles. The molecule has 1 aliphatic rings. The monoisotopic (exact) mass is 368 g/mol. The highest BCUT2D eigenvalue weighted by Crippen LogP contribution is 2.30. The summed E-state index contributed by atoms with van der Waals surface area (Å²) in [4.78, 5) is 16.0. The van der Waals surface area contributed by atoms with Gasteiger partial charge in [-0.1, -0.05) is 24.3 Å². The van der Waals surface area contributed by atoms with Crippen molar-refractivity contribution in [1.82, 2.24) is 16.0 Å². The van der Waals surface area contributed by atoms with Gasteiger partial charge in [0.2, 0.25) is 0 Å². The summed E-state index contributed by atoms with van der Waals surface area (Å²) in [6.45, 7) is 1.59. The number of fused-ring (bicyclic) bond motifs is 1. The van der Waals surface area contributed by atoms with Gasteiger partial charge in [-0.2, -0.15) is 0 Å². The minimum Gasteiger partial charge on any atom is -0.486 e. The molecular weight excluding hydrogens is 344 g/mol. The van der Waals surface area contributed by atoms with Crippen LogP contribution >= 0.6 is 0 Å². The largest absolute Gasteiger partial charge is 0.486 e. The molecule has 7 nitrogen and oxygen atoms in total. The molecule has 7 heteroatoms. The minimum absolute atomic E-state index is 0.102. The maximum absolute atomic E-state index is 11.7. The van der Waals surface area contributed by atoms with Gasteiger partial charge in [-0.3, -0.25) is 9.79 Å². The van der Waals surface area contributed by atoms with Gasteiger partial charge in [0.05, 0.1) is 6.54 Å². The summed E-state index contributed by atoms with van der Waals surface area (Å²) >= 11 is 0. The summed E-state index contributed by atoms with van der Waals surface area (Å²) in [5.41, 5.74) is 1.62. The number of nitrogens with zero attached hydrogens (tertiary/aromatic N) is 1. The third-order valence-electron chi connectivity index (χ3n) is 4.16. The highest BCUT2D eigenvalue weighted by Gasteiger charge is 2.20. The number of ether oxygens (including phenoxy) is 2. The maximum atomic E-state index is 11.7. The molecule has 3 rings (SSSR count). The quantitative estimate of drug-likeness (QED) is 0.551. The molecule has 142 valence electrons. The van der Waals surface area contributed by atoms with Crippen LogP contribution in [0.5, 0.6) is 11.5 Å². The lowest BCUT2D eigenvalue weighted by Gasteiger charge is -2.27. The number of nitrogens with one attached hydrogen (secondary N) is 3. The zero-order chi connectivity index (χ0) is 19.1. The smallest absolute Gasteiger partial charge is 0.251 e. The first kappa shape index (κ1) is 18.6. The van der Waals surface area contributed by atoms with Crippen molar-refractivity contribution in [3.8, 4) is 11.5 Å². The van der Waals surface area contributed by atoms with E-state index in [1.165, 1.54) is 0 Å². The fourth-order valence-electron chi connectivity index (χ4n) is 2.75. The number of hydrogen-bond donors (Lipinski definition) is 3. The topological polar surface area (TPSA) is 84.0 Å². The van der Waals surface area contributed by atoms with Crippen LogP contribution in [0.1, 0.15) is 15.9 Å². The van der Waals surface area contributed by atoms with E-state index in [0.717, 1.165) is 17.1 Å². The molecule has 27 heavy (non-hydrogen) atoms. The Morgan fingerprint density at radius 2 is 1.96 bits per heavy atom. The second kappa shape index (κ2) is 8.93. The van der Waals surface area contributed by atoms with Gasteiger partial charge in [-0.15, -0.1) is 0 Å². The molecule has 2 aromatic carbocycles. The van der Waals surface area contributed by atoms with Crippen molar-refractivity contribution in [1.29, 1.82) is 0 Å². The van der Waals surface area contributed by atoms with E-state index in [2.05, 4.69) is 20.9 Å². The van der Waals surface area contributed by atoms with E-state index in [0.29, 0.717) is 31.2 Å². The average Bonchev–Trinajstić information content (AvgIpc) is 2.73. The standard InChI is InChI=1S/C20H24N4O3/c1-21-19(25)15-7-5-6-14(10-15)11-23-20(22-2)24-12-16-13-26-17-8-3-4-9-18(17)27-16/h3-10,16H,11-13H2,1-2H3,(H,21,25)(H2,22,23,24). The number of carbonyl (C=O) groups excluding carboxylic acids is 1. The van der Waals surface area contributed by atoms with Crippen LogP contribution in [0.25, 0.3) is 0 Å². The summed E-state index contributed by atoms with van der Waals surface area (Å²) in [5, 5.41) is 9.11. The normalized spacial score (nSPS) is 15.8. The van der Waals surface area contributed by atoms with Gasteiger partial charge in [-0.25, -0.2) is 0 Å². The summed E-state index contributed by atoms with van der Waals surface area (Å²) in [6.07, 6.45) is -0.102. The molecule has 3 N–H and O–H groups in total. The van der Waals surface area contributed by atoms with Crippen LogP contribution in [0, 0.1) is 0 Å². The predicted molar refractivity (Wildman–Crippen MR) is 104 cm³/mol. The second-order valence-corrected chi connectivity index (χ2v) is 6.08. The zero-order valence-corrected chi connectivity index (χ0v) is 15.5. The molecule has 0 saturated heterocycles. The van der Waals surface area contributed by atoms with Crippen LogP contribution in [0.2, 0.25) is 0 Å². The molecule has 0 fully saturated rings. The summed E-state index contributed by atoms with van der Waals surface area (Å²) in [6, 6.07) is 15.1. The molecule has 1 unspecified atom stereocenters. The van der Waals surface area contributed by atoms with Gasteiger partial charge in [0.1, 0.15) is 12.7 Å². The lowest BCUT2D eigenvalue weighted by atomic mass is 10.1. The molecule has 2 aromatic rings. The van der Waals surface area contributed by atoms with E-state index < -0.39 is 0 Å². The van der Waals surface area contributed by atoms with Crippen LogP contribution < -0.4 is 25.4 Å². The van der Waals surface area contributed by atoms with Gasteiger partial charge in [0.25, 0.3) is 5.91 Å². The summed E-state index contributed by atoms with van der Waals surface area (Å²) in [5.74, 6) is 2.08. The number of aliphatic imine (C=N–C) groups is 1. The molecule has 0 saturated carbocycles. The molecule has 1 atom stereocenters. The van der Waals surface area contributed by atoms with E-state index in [9.17, 15) is 4.79 Å². The van der Waals surface area contributed by atoms with Gasteiger partial charge in [-0.05, 0) is 29.8 Å². The van der Waals surface area contributed by atoms with Gasteiger partial charge in [0, 0.05) is 26.2 Å². The molecule has 0 radical (unpaired) electrons. The SMILES string of the molecule is CN=C(NCc1cccc(C(=O)NC)c1)NCC1COc2ccccc2O1. The molecule has 1 amide bonds. The third-order valence-corrected chi connectivity index (χ3v) is 4.16. The van der Waals surface area contributed by atoms with Gasteiger partial charge in [0.15, 0.2) is 17.5 Å². The number of carbonyl (C=O) groups is 1. The Balaban J connectivity index is 1.50. The van der Waals surface area contributed by atoms with Crippen molar-refractivity contribution in [3.63, 3.8) is 0 Å². The van der Waals surface area contributed by atoms with Crippen molar-refractivity contribution < 1.29 is 14.3 Å². The minimum atomic E-state index is -0.103. The van der Waals surface area contributed by atoms with E-state index in [1.54, 1.807) is 20.2 Å². The first-order chi connectivity index (χ1) is 13.2. The van der Waals surface area contributed by atoms with Gasteiger partial charge >= 0.3 is 0 Å². The van der Waals surface area contributed by atoms with Crippen molar-refractivity contribution in [2.75, 3.05) is 27.2 Å². The summed E-state index contributed by atoms with van der Waals surface area (Å²) in [7, 11) is 3.33. The van der Waals surface area contributed by atoms with Crippen LogP contribution in [-0.2, 0) is 6.54 Å². The number of guanidine groups is 1. The Hall–Kier alpha value is -3.22. The van der Waals surface area contributed by atoms with Crippen LogP contribution in [0.15, 0.2) is 53.5 Å². The fraction of sp³-hybridized carbons (Fsp3) is 0.300. The predicted octanol–water partition coefficient (Wildman–Crippen LogP) is 1.55. The summed E-state index contributed by atoms with van der Waals surface area (Å²) < 4.78 is 11.6. The van der Waals surface area contributed by atoms with Crippen molar-refractivity contribution in [3.05, 3.63) is 59.7 Å². The van der Waals surface area contributed by atoms with E-state index >= 15 is 0 Å². The number of para-hydroxylation sites is 2. The highest BCUT2D eigenvalue weighted by molar-refractivity contribution is 5.94. The second-order valence-electron chi connectivity index (χ2n) is 6.08. The van der Waals surface area contributed by atoms with Crippen LogP contribution in [0.3, 0.4) is 0 Å². The maximum Gasteiger partial charge on any atom is 0.251 e. The average molecular weight is 368 g/mol. The number of hydrogen-bond acceptors (Lipinski definition) is 4. The first-order valence-corrected chi connectivity index (χ1v) is 8.83. The van der Waals surface area contributed by atoms with Crippen molar-refractivity contribution >= 4 is 11.9 Å². The molecule has 1 aliphatic heterocycles. The number of amides is 1. The Labute approximate surface area is 158 Å². The van der Waals surface area contributed by atoms with Crippen molar-refractivity contribution in [2.45, 2.75) is 12.6 Å². The lowest BCUT2D eigenvalue weighted by Crippen LogP contribution is -2.45. The van der Waals surface area contributed by atoms with Crippen LogP contribution in [-0.4, -0.2) is 45.2 Å². The number of rotatable bonds is 5. The fourth-order valence-corrected chi connectivity index (χ4v) is 2.75.